The lowest BCUT2D eigenvalue weighted by molar-refractivity contribution is 0.475. The van der Waals surface area contributed by atoms with Gasteiger partial charge in [-0.15, -0.1) is 0 Å². The van der Waals surface area contributed by atoms with Gasteiger partial charge in [-0.3, -0.25) is 5.10 Å². The fraction of sp³-hybridized carbons (Fsp3) is 0.0714. The number of phenolic OH excluding ortho intramolecular Hbond substituents is 1. The van der Waals surface area contributed by atoms with E-state index in [1.54, 1.807) is 12.1 Å². The maximum absolute atomic E-state index is 9.26. The molecular weight excluding hydrogens is 212 g/mol. The third-order valence-electron chi connectivity index (χ3n) is 2.95. The molecule has 2 N–H and O–H groups in total. The van der Waals surface area contributed by atoms with Crippen LogP contribution in [0, 0.1) is 6.92 Å². The minimum Gasteiger partial charge on any atom is -0.508 e. The van der Waals surface area contributed by atoms with Gasteiger partial charge in [-0.2, -0.15) is 5.10 Å². The molecule has 0 radical (unpaired) electrons. The Morgan fingerprint density at radius 3 is 2.47 bits per heavy atom. The van der Waals surface area contributed by atoms with E-state index in [9.17, 15) is 5.11 Å². The largest absolute Gasteiger partial charge is 0.508 e. The Morgan fingerprint density at radius 1 is 1.00 bits per heavy atom. The maximum atomic E-state index is 9.26. The van der Waals surface area contributed by atoms with Crippen LogP contribution < -0.4 is 0 Å². The Labute approximate surface area is 98.7 Å². The molecule has 1 heterocycles. The highest BCUT2D eigenvalue weighted by atomic mass is 16.3. The van der Waals surface area contributed by atoms with Gasteiger partial charge < -0.3 is 5.11 Å². The van der Waals surface area contributed by atoms with Crippen LogP contribution in [0.5, 0.6) is 5.75 Å². The van der Waals surface area contributed by atoms with E-state index in [-0.39, 0.29) is 5.75 Å². The van der Waals surface area contributed by atoms with Crippen LogP contribution in [-0.4, -0.2) is 15.3 Å². The summed E-state index contributed by atoms with van der Waals surface area (Å²) in [4.78, 5) is 0. The monoisotopic (exact) mass is 224 g/mol. The number of H-pyrrole nitrogens is 1. The lowest BCUT2D eigenvalue weighted by Crippen LogP contribution is -1.78. The SMILES string of the molecule is Cc1[nH]nc2cc(-c3ccc(O)cc3)ccc12. The molecule has 3 rings (SSSR count). The summed E-state index contributed by atoms with van der Waals surface area (Å²) in [5, 5.41) is 17.6. The van der Waals surface area contributed by atoms with Gasteiger partial charge in [-0.25, -0.2) is 0 Å². The molecule has 0 fully saturated rings. The molecule has 0 amide bonds. The van der Waals surface area contributed by atoms with Crippen molar-refractivity contribution in [1.82, 2.24) is 10.2 Å². The highest BCUT2D eigenvalue weighted by Crippen LogP contribution is 2.25. The average Bonchev–Trinajstić information content (AvgIpc) is 2.72. The standard InChI is InChI=1S/C14H12N2O/c1-9-13-7-4-11(8-14(13)16-15-9)10-2-5-12(17)6-3-10/h2-8,17H,1H3,(H,15,16). The Morgan fingerprint density at radius 2 is 1.71 bits per heavy atom. The van der Waals surface area contributed by atoms with Crippen molar-refractivity contribution in [3.63, 3.8) is 0 Å². The Kier molecular flexibility index (Phi) is 2.11. The van der Waals surface area contributed by atoms with Crippen LogP contribution in [0.3, 0.4) is 0 Å². The van der Waals surface area contributed by atoms with Gasteiger partial charge in [0.2, 0.25) is 0 Å². The second-order valence-electron chi connectivity index (χ2n) is 4.13. The van der Waals surface area contributed by atoms with E-state index >= 15 is 0 Å². The van der Waals surface area contributed by atoms with Gasteiger partial charge in [0.1, 0.15) is 5.75 Å². The number of benzene rings is 2. The summed E-state index contributed by atoms with van der Waals surface area (Å²) in [7, 11) is 0. The van der Waals surface area contributed by atoms with Crippen LogP contribution in [0.25, 0.3) is 22.0 Å². The molecular formula is C14H12N2O. The number of aryl methyl sites for hydroxylation is 1. The van der Waals surface area contributed by atoms with Gasteiger partial charge in [0.25, 0.3) is 0 Å². The summed E-state index contributed by atoms with van der Waals surface area (Å²) in [6.45, 7) is 2.01. The summed E-state index contributed by atoms with van der Waals surface area (Å²) < 4.78 is 0. The van der Waals surface area contributed by atoms with E-state index in [4.69, 9.17) is 0 Å². The Balaban J connectivity index is 2.14. The number of fused-ring (bicyclic) bond motifs is 1. The van der Waals surface area contributed by atoms with E-state index in [0.717, 1.165) is 27.7 Å². The van der Waals surface area contributed by atoms with Gasteiger partial charge >= 0.3 is 0 Å². The number of aromatic amines is 1. The van der Waals surface area contributed by atoms with Gasteiger partial charge in [-0.1, -0.05) is 24.3 Å². The first kappa shape index (κ1) is 9.90. The highest BCUT2D eigenvalue weighted by molar-refractivity contribution is 5.86. The molecule has 0 bridgehead atoms. The molecule has 0 saturated carbocycles. The van der Waals surface area contributed by atoms with Crippen molar-refractivity contribution < 1.29 is 5.11 Å². The minimum atomic E-state index is 0.283. The van der Waals surface area contributed by atoms with Crippen LogP contribution in [0.4, 0.5) is 0 Å². The summed E-state index contributed by atoms with van der Waals surface area (Å²) in [5.41, 5.74) is 4.22. The molecule has 3 heteroatoms. The number of aromatic hydroxyl groups is 1. The van der Waals surface area contributed by atoms with Crippen LogP contribution >= 0.6 is 0 Å². The molecule has 1 aromatic heterocycles. The second-order valence-corrected chi connectivity index (χ2v) is 4.13. The van der Waals surface area contributed by atoms with Crippen molar-refractivity contribution in [2.24, 2.45) is 0 Å². The molecule has 0 aliphatic rings. The van der Waals surface area contributed by atoms with E-state index in [1.807, 2.05) is 25.1 Å². The lowest BCUT2D eigenvalue weighted by Gasteiger charge is -2.01. The van der Waals surface area contributed by atoms with Crippen molar-refractivity contribution >= 4 is 10.9 Å². The number of rotatable bonds is 1. The third-order valence-corrected chi connectivity index (χ3v) is 2.95. The molecule has 17 heavy (non-hydrogen) atoms. The Hall–Kier alpha value is -2.29. The molecule has 84 valence electrons. The van der Waals surface area contributed by atoms with Crippen molar-refractivity contribution in [3.05, 3.63) is 48.2 Å². The molecule has 0 unspecified atom stereocenters. The average molecular weight is 224 g/mol. The summed E-state index contributed by atoms with van der Waals surface area (Å²) in [6.07, 6.45) is 0. The van der Waals surface area contributed by atoms with Crippen molar-refractivity contribution in [2.75, 3.05) is 0 Å². The molecule has 0 atom stereocenters. The van der Waals surface area contributed by atoms with Crippen LogP contribution in [0.15, 0.2) is 42.5 Å². The maximum Gasteiger partial charge on any atom is 0.115 e. The molecule has 0 aliphatic carbocycles. The molecule has 2 aromatic carbocycles. The third kappa shape index (κ3) is 1.65. The Bertz CT molecular complexity index is 668. The first-order valence-electron chi connectivity index (χ1n) is 5.48. The minimum absolute atomic E-state index is 0.283. The number of phenols is 1. The van der Waals surface area contributed by atoms with Crippen LogP contribution in [-0.2, 0) is 0 Å². The van der Waals surface area contributed by atoms with Gasteiger partial charge in [0, 0.05) is 11.1 Å². The molecule has 0 saturated heterocycles. The van der Waals surface area contributed by atoms with Gasteiger partial charge in [0.05, 0.1) is 5.52 Å². The zero-order chi connectivity index (χ0) is 11.8. The number of hydrogen-bond donors (Lipinski definition) is 2. The van der Waals surface area contributed by atoms with Gasteiger partial charge in [-0.05, 0) is 36.2 Å². The highest BCUT2D eigenvalue weighted by Gasteiger charge is 2.03. The fourth-order valence-corrected chi connectivity index (χ4v) is 1.98. The predicted molar refractivity (Wildman–Crippen MR) is 67.9 cm³/mol. The topological polar surface area (TPSA) is 48.9 Å². The predicted octanol–water partition coefficient (Wildman–Crippen LogP) is 3.24. The normalized spacial score (nSPS) is 10.9. The number of hydrogen-bond acceptors (Lipinski definition) is 2. The molecule has 0 spiro atoms. The number of aromatic nitrogens is 2. The van der Waals surface area contributed by atoms with Crippen molar-refractivity contribution in [3.8, 4) is 16.9 Å². The first-order valence-corrected chi connectivity index (χ1v) is 5.48. The second kappa shape index (κ2) is 3.63. The quantitative estimate of drug-likeness (QED) is 0.666. The zero-order valence-corrected chi connectivity index (χ0v) is 9.44. The van der Waals surface area contributed by atoms with E-state index < -0.39 is 0 Å². The van der Waals surface area contributed by atoms with Crippen LogP contribution in [0.2, 0.25) is 0 Å². The number of nitrogens with zero attached hydrogens (tertiary/aromatic N) is 1. The smallest absolute Gasteiger partial charge is 0.115 e. The molecule has 3 nitrogen and oxygen atoms in total. The van der Waals surface area contributed by atoms with Gasteiger partial charge in [0.15, 0.2) is 0 Å². The van der Waals surface area contributed by atoms with E-state index in [2.05, 4.69) is 22.3 Å². The first-order chi connectivity index (χ1) is 8.24. The number of nitrogens with one attached hydrogen (secondary N) is 1. The van der Waals surface area contributed by atoms with Crippen molar-refractivity contribution in [2.45, 2.75) is 6.92 Å². The van der Waals surface area contributed by atoms with E-state index in [1.165, 1.54) is 0 Å². The fourth-order valence-electron chi connectivity index (χ4n) is 1.98. The molecule has 0 aliphatic heterocycles. The summed E-state index contributed by atoms with van der Waals surface area (Å²) >= 11 is 0. The van der Waals surface area contributed by atoms with E-state index in [0.29, 0.717) is 0 Å². The molecule has 3 aromatic rings. The van der Waals surface area contributed by atoms with Crippen LogP contribution in [0.1, 0.15) is 5.69 Å². The zero-order valence-electron chi connectivity index (χ0n) is 9.44. The lowest BCUT2D eigenvalue weighted by atomic mass is 10.0. The van der Waals surface area contributed by atoms with Crippen molar-refractivity contribution in [1.29, 1.82) is 0 Å². The summed E-state index contributed by atoms with van der Waals surface area (Å²) in [6, 6.07) is 13.4. The summed E-state index contributed by atoms with van der Waals surface area (Å²) in [5.74, 6) is 0.283.